The maximum absolute atomic E-state index is 13.1. The second-order valence-corrected chi connectivity index (χ2v) is 8.05. The predicted molar refractivity (Wildman–Crippen MR) is 129 cm³/mol. The van der Waals surface area contributed by atoms with Gasteiger partial charge in [-0.2, -0.15) is 0 Å². The van der Waals surface area contributed by atoms with Gasteiger partial charge in [0.15, 0.2) is 0 Å². The molecule has 0 spiro atoms. The van der Waals surface area contributed by atoms with Crippen molar-refractivity contribution < 1.29 is 14.7 Å². The number of carboxylic acids is 1. The number of rotatable bonds is 8. The van der Waals surface area contributed by atoms with E-state index in [-0.39, 0.29) is 24.4 Å². The number of nitrogens with zero attached hydrogens (tertiary/aromatic N) is 3. The summed E-state index contributed by atoms with van der Waals surface area (Å²) in [4.78, 5) is 37.4. The van der Waals surface area contributed by atoms with Crippen molar-refractivity contribution in [2.24, 2.45) is 0 Å². The van der Waals surface area contributed by atoms with Crippen molar-refractivity contribution in [2.45, 2.75) is 32.7 Å². The Bertz CT molecular complexity index is 1370. The van der Waals surface area contributed by atoms with Gasteiger partial charge in [0.1, 0.15) is 5.82 Å². The third-order valence-corrected chi connectivity index (χ3v) is 5.61. The van der Waals surface area contributed by atoms with Crippen LogP contribution in [0.2, 0.25) is 0 Å². The maximum atomic E-state index is 13.1. The Morgan fingerprint density at radius 2 is 1.56 bits per heavy atom. The monoisotopic (exact) mass is 455 g/mol. The number of carboxylic acid groups (broad SMARTS) is 1. The van der Waals surface area contributed by atoms with E-state index < -0.39 is 11.7 Å². The van der Waals surface area contributed by atoms with E-state index in [1.165, 1.54) is 4.57 Å². The first kappa shape index (κ1) is 22.9. The Morgan fingerprint density at radius 1 is 0.882 bits per heavy atom. The lowest BCUT2D eigenvalue weighted by Crippen LogP contribution is -2.31. The minimum absolute atomic E-state index is 0.0982. The van der Waals surface area contributed by atoms with Gasteiger partial charge in [-0.3, -0.25) is 9.36 Å². The number of benzene rings is 3. The van der Waals surface area contributed by atoms with Crippen LogP contribution in [0.25, 0.3) is 11.1 Å². The standard InChI is InChI=1S/C27H25N3O4/c1-2-8-24-28-30(25(31)17-19-9-4-3-5-10-19)27(34)29(24)18-20-13-15-21(16-14-20)22-11-6-7-12-23(22)26(32)33/h3-7,9-16H,2,8,17-18H2,1H3,(H,32,33). The quantitative estimate of drug-likeness (QED) is 0.428. The molecule has 0 atom stereocenters. The number of aryl methyl sites for hydroxylation is 1. The molecular weight excluding hydrogens is 430 g/mol. The Balaban J connectivity index is 1.61. The van der Waals surface area contributed by atoms with Crippen LogP contribution in [0.3, 0.4) is 0 Å². The fourth-order valence-corrected chi connectivity index (χ4v) is 3.91. The molecular formula is C27H25N3O4. The smallest absolute Gasteiger partial charge is 0.353 e. The molecule has 0 amide bonds. The van der Waals surface area contributed by atoms with Gasteiger partial charge in [0.25, 0.3) is 5.91 Å². The van der Waals surface area contributed by atoms with Crippen LogP contribution < -0.4 is 5.69 Å². The van der Waals surface area contributed by atoms with Crippen LogP contribution in [0, 0.1) is 0 Å². The van der Waals surface area contributed by atoms with Crippen LogP contribution in [0.4, 0.5) is 0 Å². The SMILES string of the molecule is CCCc1nn(C(=O)Cc2ccccc2)c(=O)n1Cc1ccc(-c2ccccc2C(=O)O)cc1. The van der Waals surface area contributed by atoms with Gasteiger partial charge in [0, 0.05) is 6.42 Å². The Morgan fingerprint density at radius 3 is 2.24 bits per heavy atom. The van der Waals surface area contributed by atoms with Crippen molar-refractivity contribution in [2.75, 3.05) is 0 Å². The molecule has 34 heavy (non-hydrogen) atoms. The van der Waals surface area contributed by atoms with Gasteiger partial charge in [0.2, 0.25) is 0 Å². The number of hydrogen-bond donors (Lipinski definition) is 1. The summed E-state index contributed by atoms with van der Waals surface area (Å²) in [5.41, 5.74) is 2.86. The zero-order valence-electron chi connectivity index (χ0n) is 18.8. The van der Waals surface area contributed by atoms with Crippen molar-refractivity contribution in [3.8, 4) is 11.1 Å². The third kappa shape index (κ3) is 4.88. The third-order valence-electron chi connectivity index (χ3n) is 5.61. The summed E-state index contributed by atoms with van der Waals surface area (Å²) in [6.07, 6.45) is 1.46. The molecule has 0 aliphatic carbocycles. The summed E-state index contributed by atoms with van der Waals surface area (Å²) >= 11 is 0. The lowest BCUT2D eigenvalue weighted by molar-refractivity contribution is 0.0697. The topological polar surface area (TPSA) is 94.2 Å². The van der Waals surface area contributed by atoms with Crippen LogP contribution in [0.5, 0.6) is 0 Å². The van der Waals surface area contributed by atoms with Gasteiger partial charge in [-0.1, -0.05) is 79.7 Å². The first-order valence-corrected chi connectivity index (χ1v) is 11.2. The molecule has 7 nitrogen and oxygen atoms in total. The van der Waals surface area contributed by atoms with Crippen molar-refractivity contribution in [1.29, 1.82) is 0 Å². The number of carbonyl (C=O) groups is 2. The highest BCUT2D eigenvalue weighted by molar-refractivity contribution is 5.96. The summed E-state index contributed by atoms with van der Waals surface area (Å²) in [5, 5.41) is 13.8. The van der Waals surface area contributed by atoms with E-state index in [4.69, 9.17) is 0 Å². The lowest BCUT2D eigenvalue weighted by atomic mass is 9.99. The van der Waals surface area contributed by atoms with E-state index >= 15 is 0 Å². The zero-order valence-corrected chi connectivity index (χ0v) is 18.8. The normalized spacial score (nSPS) is 10.9. The molecule has 4 aromatic rings. The molecule has 0 bridgehead atoms. The molecule has 7 heteroatoms. The molecule has 0 aliphatic heterocycles. The minimum Gasteiger partial charge on any atom is -0.478 e. The van der Waals surface area contributed by atoms with Crippen LogP contribution in [0.1, 0.15) is 45.4 Å². The van der Waals surface area contributed by atoms with Crippen LogP contribution in [0.15, 0.2) is 83.7 Å². The van der Waals surface area contributed by atoms with E-state index in [1.807, 2.05) is 61.5 Å². The summed E-state index contributed by atoms with van der Waals surface area (Å²) in [5.74, 6) is -0.787. The van der Waals surface area contributed by atoms with Crippen molar-refractivity contribution in [3.05, 3.63) is 112 Å². The Kier molecular flexibility index (Phi) is 6.82. The first-order valence-electron chi connectivity index (χ1n) is 11.2. The molecule has 0 saturated heterocycles. The summed E-state index contributed by atoms with van der Waals surface area (Å²) in [7, 11) is 0. The van der Waals surface area contributed by atoms with Crippen molar-refractivity contribution in [1.82, 2.24) is 14.3 Å². The summed E-state index contributed by atoms with van der Waals surface area (Å²) in [6.45, 7) is 2.27. The van der Waals surface area contributed by atoms with Crippen molar-refractivity contribution >= 4 is 11.9 Å². The second kappa shape index (κ2) is 10.1. The maximum Gasteiger partial charge on any atom is 0.353 e. The number of hydrogen-bond acceptors (Lipinski definition) is 4. The van der Waals surface area contributed by atoms with Crippen LogP contribution in [-0.4, -0.2) is 31.3 Å². The van der Waals surface area contributed by atoms with E-state index in [2.05, 4.69) is 5.10 Å². The molecule has 1 aromatic heterocycles. The predicted octanol–water partition coefficient (Wildman–Crippen LogP) is 4.29. The molecule has 0 radical (unpaired) electrons. The average molecular weight is 456 g/mol. The van der Waals surface area contributed by atoms with Gasteiger partial charge in [-0.15, -0.1) is 9.78 Å². The van der Waals surface area contributed by atoms with Gasteiger partial charge < -0.3 is 5.11 Å². The van der Waals surface area contributed by atoms with Gasteiger partial charge in [-0.25, -0.2) is 9.59 Å². The fraction of sp³-hybridized carbons (Fsp3) is 0.185. The van der Waals surface area contributed by atoms with E-state index in [0.29, 0.717) is 17.8 Å². The highest BCUT2D eigenvalue weighted by Crippen LogP contribution is 2.24. The average Bonchev–Trinajstić information content (AvgIpc) is 3.15. The highest BCUT2D eigenvalue weighted by atomic mass is 16.4. The van der Waals surface area contributed by atoms with Crippen LogP contribution >= 0.6 is 0 Å². The molecule has 1 heterocycles. The fourth-order valence-electron chi connectivity index (χ4n) is 3.91. The number of aromatic carboxylic acids is 1. The number of carbonyl (C=O) groups excluding carboxylic acids is 1. The largest absolute Gasteiger partial charge is 0.478 e. The molecule has 0 aliphatic rings. The molecule has 172 valence electrons. The van der Waals surface area contributed by atoms with Gasteiger partial charge >= 0.3 is 11.7 Å². The van der Waals surface area contributed by atoms with E-state index in [1.54, 1.807) is 24.3 Å². The Labute approximate surface area is 196 Å². The van der Waals surface area contributed by atoms with Gasteiger partial charge in [-0.05, 0) is 34.7 Å². The number of aromatic nitrogens is 3. The molecule has 1 N–H and O–H groups in total. The first-order chi connectivity index (χ1) is 16.5. The molecule has 4 rings (SSSR count). The lowest BCUT2D eigenvalue weighted by Gasteiger charge is -2.09. The molecule has 0 unspecified atom stereocenters. The molecule has 3 aromatic carbocycles. The summed E-state index contributed by atoms with van der Waals surface area (Å²) < 4.78 is 2.50. The minimum atomic E-state index is -0.983. The van der Waals surface area contributed by atoms with Gasteiger partial charge in [0.05, 0.1) is 18.5 Å². The van der Waals surface area contributed by atoms with Crippen molar-refractivity contribution in [3.63, 3.8) is 0 Å². The highest BCUT2D eigenvalue weighted by Gasteiger charge is 2.19. The molecule has 0 fully saturated rings. The molecule has 0 saturated carbocycles. The van der Waals surface area contributed by atoms with E-state index in [0.717, 1.165) is 27.8 Å². The second-order valence-electron chi connectivity index (χ2n) is 8.05. The summed E-state index contributed by atoms with van der Waals surface area (Å²) in [6, 6.07) is 23.5. The van der Waals surface area contributed by atoms with E-state index in [9.17, 15) is 19.5 Å². The van der Waals surface area contributed by atoms with Crippen LogP contribution in [-0.2, 0) is 19.4 Å². The zero-order chi connectivity index (χ0) is 24.1. The Hall–Kier alpha value is -4.26.